The summed E-state index contributed by atoms with van der Waals surface area (Å²) in [7, 11) is 1.93. The van der Waals surface area contributed by atoms with Crippen LogP contribution in [0.3, 0.4) is 0 Å². The minimum Gasteiger partial charge on any atom is -0.310 e. The van der Waals surface area contributed by atoms with Crippen LogP contribution >= 0.6 is 15.9 Å². The van der Waals surface area contributed by atoms with E-state index >= 15 is 0 Å². The average molecular weight is 354 g/mol. The molecule has 0 spiro atoms. The molecule has 0 amide bonds. The van der Waals surface area contributed by atoms with Gasteiger partial charge in [-0.1, -0.05) is 32.0 Å². The number of aromatic nitrogens is 2. The van der Waals surface area contributed by atoms with Crippen LogP contribution in [0.5, 0.6) is 0 Å². The molecule has 1 unspecified atom stereocenters. The predicted molar refractivity (Wildman–Crippen MR) is 86.8 cm³/mol. The molecule has 2 rings (SSSR count). The van der Waals surface area contributed by atoms with Crippen LogP contribution in [0.4, 0.5) is 4.39 Å². The van der Waals surface area contributed by atoms with Crippen molar-refractivity contribution >= 4 is 15.9 Å². The Bertz CT molecular complexity index is 610. The lowest BCUT2D eigenvalue weighted by molar-refractivity contribution is 0.496. The third-order valence-electron chi connectivity index (χ3n) is 3.63. The SMILES string of the molecule is CCNC(Cc1c(Br)c(CC)nn1C)c1ccccc1F. The summed E-state index contributed by atoms with van der Waals surface area (Å²) >= 11 is 3.63. The zero-order valence-corrected chi connectivity index (χ0v) is 14.2. The quantitative estimate of drug-likeness (QED) is 0.856. The monoisotopic (exact) mass is 353 g/mol. The lowest BCUT2D eigenvalue weighted by Gasteiger charge is -2.19. The third kappa shape index (κ3) is 3.52. The van der Waals surface area contributed by atoms with Crippen molar-refractivity contribution in [2.45, 2.75) is 32.7 Å². The molecular weight excluding hydrogens is 333 g/mol. The standard InChI is InChI=1S/C16H21BrFN3/c1-4-13-16(17)15(21(3)20-13)10-14(19-5-2)11-8-6-7-9-12(11)18/h6-9,14,19H,4-5,10H2,1-3H3. The summed E-state index contributed by atoms with van der Waals surface area (Å²) in [6.07, 6.45) is 1.57. The summed E-state index contributed by atoms with van der Waals surface area (Å²) in [4.78, 5) is 0. The van der Waals surface area contributed by atoms with E-state index < -0.39 is 0 Å². The van der Waals surface area contributed by atoms with Gasteiger partial charge in [-0.2, -0.15) is 5.10 Å². The zero-order chi connectivity index (χ0) is 15.4. The maximum atomic E-state index is 14.1. The molecule has 0 radical (unpaired) electrons. The smallest absolute Gasteiger partial charge is 0.127 e. The topological polar surface area (TPSA) is 29.9 Å². The molecule has 2 aromatic rings. The minimum absolute atomic E-state index is 0.0624. The normalized spacial score (nSPS) is 12.6. The van der Waals surface area contributed by atoms with Crippen LogP contribution in [0.1, 0.15) is 36.8 Å². The summed E-state index contributed by atoms with van der Waals surface area (Å²) < 4.78 is 17.0. The fraction of sp³-hybridized carbons (Fsp3) is 0.438. The summed E-state index contributed by atoms with van der Waals surface area (Å²) in [6, 6.07) is 6.88. The molecule has 0 bridgehead atoms. The third-order valence-corrected chi connectivity index (χ3v) is 4.55. The van der Waals surface area contributed by atoms with Gasteiger partial charge in [0.15, 0.2) is 0 Å². The molecular formula is C16H21BrFN3. The van der Waals surface area contributed by atoms with Gasteiger partial charge in [-0.3, -0.25) is 4.68 Å². The number of benzene rings is 1. The van der Waals surface area contributed by atoms with Gasteiger partial charge in [0.05, 0.1) is 15.9 Å². The van der Waals surface area contributed by atoms with Crippen molar-refractivity contribution in [1.82, 2.24) is 15.1 Å². The molecule has 0 saturated heterocycles. The Labute approximate surface area is 133 Å². The van der Waals surface area contributed by atoms with Crippen LogP contribution in [0.15, 0.2) is 28.7 Å². The van der Waals surface area contributed by atoms with Gasteiger partial charge in [-0.15, -0.1) is 0 Å². The molecule has 1 N–H and O–H groups in total. The highest BCUT2D eigenvalue weighted by Crippen LogP contribution is 2.27. The second-order valence-corrected chi connectivity index (χ2v) is 5.81. The molecule has 0 aliphatic carbocycles. The van der Waals surface area contributed by atoms with Crippen molar-refractivity contribution in [1.29, 1.82) is 0 Å². The molecule has 5 heteroatoms. The number of hydrogen-bond acceptors (Lipinski definition) is 2. The van der Waals surface area contributed by atoms with E-state index in [4.69, 9.17) is 0 Å². The fourth-order valence-corrected chi connectivity index (χ4v) is 3.31. The number of likely N-dealkylation sites (N-methyl/N-ethyl adjacent to an activating group) is 1. The molecule has 114 valence electrons. The second-order valence-electron chi connectivity index (χ2n) is 5.02. The van der Waals surface area contributed by atoms with Crippen LogP contribution in [-0.4, -0.2) is 16.3 Å². The lowest BCUT2D eigenvalue weighted by atomic mass is 10.0. The zero-order valence-electron chi connectivity index (χ0n) is 12.7. The first kappa shape index (κ1) is 16.2. The van der Waals surface area contributed by atoms with Gasteiger partial charge in [0.1, 0.15) is 5.82 Å². The number of nitrogens with zero attached hydrogens (tertiary/aromatic N) is 2. The van der Waals surface area contributed by atoms with Gasteiger partial charge in [0, 0.05) is 25.1 Å². The van der Waals surface area contributed by atoms with Crippen molar-refractivity contribution in [2.24, 2.45) is 7.05 Å². The van der Waals surface area contributed by atoms with Crippen LogP contribution < -0.4 is 5.32 Å². The van der Waals surface area contributed by atoms with E-state index in [0.29, 0.717) is 12.0 Å². The molecule has 3 nitrogen and oxygen atoms in total. The van der Waals surface area contributed by atoms with E-state index in [1.54, 1.807) is 6.07 Å². The van der Waals surface area contributed by atoms with Gasteiger partial charge in [0.25, 0.3) is 0 Å². The molecule has 1 heterocycles. The highest BCUT2D eigenvalue weighted by molar-refractivity contribution is 9.10. The largest absolute Gasteiger partial charge is 0.310 e. The van der Waals surface area contributed by atoms with E-state index in [9.17, 15) is 4.39 Å². The molecule has 21 heavy (non-hydrogen) atoms. The Morgan fingerprint density at radius 2 is 2.05 bits per heavy atom. The Hall–Kier alpha value is -1.20. The summed E-state index contributed by atoms with van der Waals surface area (Å²) in [5.74, 6) is -0.169. The average Bonchev–Trinajstić information content (AvgIpc) is 2.74. The summed E-state index contributed by atoms with van der Waals surface area (Å²) in [5.41, 5.74) is 2.82. The molecule has 1 aromatic heterocycles. The number of hydrogen-bond donors (Lipinski definition) is 1. The molecule has 0 fully saturated rings. The van der Waals surface area contributed by atoms with Crippen LogP contribution in [0.2, 0.25) is 0 Å². The Balaban J connectivity index is 2.33. The summed E-state index contributed by atoms with van der Waals surface area (Å²) in [5, 5.41) is 7.87. The van der Waals surface area contributed by atoms with Crippen LogP contribution in [-0.2, 0) is 19.9 Å². The molecule has 0 saturated carbocycles. The minimum atomic E-state index is -0.169. The second kappa shape index (κ2) is 7.18. The molecule has 0 aliphatic heterocycles. The Morgan fingerprint density at radius 1 is 1.33 bits per heavy atom. The van der Waals surface area contributed by atoms with Crippen molar-refractivity contribution in [3.05, 3.63) is 51.5 Å². The van der Waals surface area contributed by atoms with Crippen molar-refractivity contribution in [3.63, 3.8) is 0 Å². The highest BCUT2D eigenvalue weighted by Gasteiger charge is 2.20. The van der Waals surface area contributed by atoms with Crippen molar-refractivity contribution in [3.8, 4) is 0 Å². The van der Waals surface area contributed by atoms with Gasteiger partial charge in [0.2, 0.25) is 0 Å². The highest BCUT2D eigenvalue weighted by atomic mass is 79.9. The van der Waals surface area contributed by atoms with Gasteiger partial charge in [-0.25, -0.2) is 4.39 Å². The van der Waals surface area contributed by atoms with Crippen LogP contribution in [0, 0.1) is 5.82 Å². The maximum absolute atomic E-state index is 14.1. The van der Waals surface area contributed by atoms with E-state index in [-0.39, 0.29) is 11.9 Å². The van der Waals surface area contributed by atoms with E-state index in [1.807, 2.05) is 30.8 Å². The first-order chi connectivity index (χ1) is 10.1. The van der Waals surface area contributed by atoms with Gasteiger partial charge >= 0.3 is 0 Å². The van der Waals surface area contributed by atoms with E-state index in [1.165, 1.54) is 6.07 Å². The van der Waals surface area contributed by atoms with E-state index in [2.05, 4.69) is 33.3 Å². The lowest BCUT2D eigenvalue weighted by Crippen LogP contribution is -2.25. The molecule has 1 aromatic carbocycles. The first-order valence-electron chi connectivity index (χ1n) is 7.26. The summed E-state index contributed by atoms with van der Waals surface area (Å²) in [6.45, 7) is 4.90. The number of rotatable bonds is 6. The molecule has 0 aliphatic rings. The van der Waals surface area contributed by atoms with E-state index in [0.717, 1.165) is 28.8 Å². The molecule has 1 atom stereocenters. The first-order valence-corrected chi connectivity index (χ1v) is 8.05. The number of halogens is 2. The number of aryl methyl sites for hydroxylation is 2. The van der Waals surface area contributed by atoms with Crippen molar-refractivity contribution in [2.75, 3.05) is 6.54 Å². The van der Waals surface area contributed by atoms with Crippen LogP contribution in [0.25, 0.3) is 0 Å². The fourth-order valence-electron chi connectivity index (χ4n) is 2.53. The Kier molecular flexibility index (Phi) is 5.53. The van der Waals surface area contributed by atoms with Gasteiger partial charge in [-0.05, 0) is 35.0 Å². The number of nitrogens with one attached hydrogen (secondary N) is 1. The van der Waals surface area contributed by atoms with Gasteiger partial charge < -0.3 is 5.32 Å². The van der Waals surface area contributed by atoms with Crippen molar-refractivity contribution < 1.29 is 4.39 Å². The Morgan fingerprint density at radius 3 is 2.62 bits per heavy atom. The predicted octanol–water partition coefficient (Wildman–Crippen LogP) is 3.78. The maximum Gasteiger partial charge on any atom is 0.127 e.